The molecule has 0 aromatic heterocycles. The summed E-state index contributed by atoms with van der Waals surface area (Å²) in [6.07, 6.45) is 0.126. The van der Waals surface area contributed by atoms with Gasteiger partial charge in [0.15, 0.2) is 27.9 Å². The number of sulfone groups is 1. The minimum Gasteiger partial charge on any atom is -0.485 e. The number of carbonyl (C=O) groups excluding carboxylic acids is 2. The molecule has 0 spiro atoms. The molecule has 2 aliphatic heterocycles. The maximum atomic E-state index is 12.7. The van der Waals surface area contributed by atoms with E-state index in [2.05, 4.69) is 0 Å². The number of fused-ring (bicyclic) bond motifs is 1. The van der Waals surface area contributed by atoms with E-state index >= 15 is 0 Å². The lowest BCUT2D eigenvalue weighted by atomic mass is 10.1. The van der Waals surface area contributed by atoms with Gasteiger partial charge in [0.1, 0.15) is 6.61 Å². The first-order valence-electron chi connectivity index (χ1n) is 9.37. The van der Waals surface area contributed by atoms with Crippen LogP contribution in [0.15, 0.2) is 24.3 Å². The van der Waals surface area contributed by atoms with Gasteiger partial charge in [-0.25, -0.2) is 13.2 Å². The van der Waals surface area contributed by atoms with Crippen LogP contribution < -0.4 is 9.47 Å². The van der Waals surface area contributed by atoms with E-state index in [0.717, 1.165) is 0 Å². The Balaban J connectivity index is 1.59. The van der Waals surface area contributed by atoms with Crippen molar-refractivity contribution >= 4 is 21.7 Å². The highest BCUT2D eigenvalue weighted by atomic mass is 32.2. The molecule has 0 N–H and O–H groups in total. The Morgan fingerprint density at radius 2 is 2.00 bits per heavy atom. The number of hydrogen-bond donors (Lipinski definition) is 0. The summed E-state index contributed by atoms with van der Waals surface area (Å²) >= 11 is 0. The fourth-order valence-corrected chi connectivity index (χ4v) is 5.15. The number of esters is 1. The zero-order valence-electron chi connectivity index (χ0n) is 16.0. The van der Waals surface area contributed by atoms with E-state index in [0.29, 0.717) is 24.3 Å². The number of benzene rings is 1. The molecule has 0 bridgehead atoms. The van der Waals surface area contributed by atoms with Crippen molar-refractivity contribution in [1.82, 2.24) is 4.90 Å². The van der Waals surface area contributed by atoms with Crippen LogP contribution in [0.2, 0.25) is 0 Å². The number of ether oxygens (including phenoxy) is 3. The van der Waals surface area contributed by atoms with E-state index in [1.807, 2.05) is 13.8 Å². The average molecular weight is 411 g/mol. The van der Waals surface area contributed by atoms with Gasteiger partial charge < -0.3 is 19.1 Å². The highest BCUT2D eigenvalue weighted by Gasteiger charge is 2.37. The van der Waals surface area contributed by atoms with Crippen LogP contribution in [0, 0.1) is 0 Å². The predicted octanol–water partition coefficient (Wildman–Crippen LogP) is 1.18. The van der Waals surface area contributed by atoms with Crippen LogP contribution in [0.1, 0.15) is 26.7 Å². The highest BCUT2D eigenvalue weighted by Crippen LogP contribution is 2.31. The SMILES string of the molecule is CC[C@@H](C)N(C(=O)COC(=O)[C@@H]1COc2ccccc2O1)[C@@H]1CCS(=O)(=O)C1. The molecule has 0 unspecified atom stereocenters. The van der Waals surface area contributed by atoms with Gasteiger partial charge in [-0.05, 0) is 31.9 Å². The van der Waals surface area contributed by atoms with E-state index in [1.165, 1.54) is 0 Å². The summed E-state index contributed by atoms with van der Waals surface area (Å²) in [5.41, 5.74) is 0. The third kappa shape index (κ3) is 4.57. The first-order valence-corrected chi connectivity index (χ1v) is 11.2. The lowest BCUT2D eigenvalue weighted by Gasteiger charge is -2.33. The van der Waals surface area contributed by atoms with Crippen molar-refractivity contribution in [3.8, 4) is 11.5 Å². The van der Waals surface area contributed by atoms with Gasteiger partial charge in [0.25, 0.3) is 5.91 Å². The smallest absolute Gasteiger partial charge is 0.351 e. The molecule has 1 saturated heterocycles. The molecule has 28 heavy (non-hydrogen) atoms. The molecule has 9 heteroatoms. The molecule has 1 fully saturated rings. The van der Waals surface area contributed by atoms with Crippen LogP contribution in [0.4, 0.5) is 0 Å². The third-order valence-corrected chi connectivity index (χ3v) is 6.82. The summed E-state index contributed by atoms with van der Waals surface area (Å²) < 4.78 is 39.8. The number of amides is 1. The van der Waals surface area contributed by atoms with Gasteiger partial charge in [0.2, 0.25) is 6.10 Å². The quantitative estimate of drug-likeness (QED) is 0.648. The molecule has 3 rings (SSSR count). The van der Waals surface area contributed by atoms with Crippen LogP contribution in [0.25, 0.3) is 0 Å². The first kappa shape index (κ1) is 20.4. The average Bonchev–Trinajstić information content (AvgIpc) is 3.04. The number of rotatable bonds is 6. The summed E-state index contributed by atoms with van der Waals surface area (Å²) in [5.74, 6) is -0.0714. The number of carbonyl (C=O) groups is 2. The number of hydrogen-bond acceptors (Lipinski definition) is 7. The van der Waals surface area contributed by atoms with E-state index in [9.17, 15) is 18.0 Å². The van der Waals surface area contributed by atoms with Gasteiger partial charge in [-0.3, -0.25) is 4.79 Å². The second-order valence-corrected chi connectivity index (χ2v) is 9.32. The minimum absolute atomic E-state index is 0.0000170. The zero-order chi connectivity index (χ0) is 20.3. The predicted molar refractivity (Wildman–Crippen MR) is 101 cm³/mol. The van der Waals surface area contributed by atoms with Gasteiger partial charge in [0.05, 0.1) is 11.5 Å². The van der Waals surface area contributed by atoms with Crippen molar-refractivity contribution in [1.29, 1.82) is 0 Å². The van der Waals surface area contributed by atoms with E-state index < -0.39 is 34.4 Å². The van der Waals surface area contributed by atoms with Crippen molar-refractivity contribution in [2.45, 2.75) is 44.9 Å². The summed E-state index contributed by atoms with van der Waals surface area (Å²) in [6, 6.07) is 6.45. The van der Waals surface area contributed by atoms with Crippen molar-refractivity contribution in [2.24, 2.45) is 0 Å². The second-order valence-electron chi connectivity index (χ2n) is 7.09. The lowest BCUT2D eigenvalue weighted by molar-refractivity contribution is -0.161. The number of nitrogens with zero attached hydrogens (tertiary/aromatic N) is 1. The second kappa shape index (κ2) is 8.38. The van der Waals surface area contributed by atoms with Crippen LogP contribution >= 0.6 is 0 Å². The Kier molecular flexibility index (Phi) is 6.12. The Morgan fingerprint density at radius 3 is 2.64 bits per heavy atom. The molecule has 1 amide bonds. The molecule has 1 aromatic carbocycles. The fourth-order valence-electron chi connectivity index (χ4n) is 3.44. The van der Waals surface area contributed by atoms with Crippen LogP contribution in [-0.4, -0.2) is 68.1 Å². The molecule has 0 radical (unpaired) electrons. The van der Waals surface area contributed by atoms with E-state index in [1.54, 1.807) is 29.2 Å². The molecule has 2 aliphatic rings. The lowest BCUT2D eigenvalue weighted by Crippen LogP contribution is -2.49. The van der Waals surface area contributed by atoms with Gasteiger partial charge in [-0.15, -0.1) is 0 Å². The molecule has 0 aliphatic carbocycles. The van der Waals surface area contributed by atoms with Crippen molar-refractivity contribution in [2.75, 3.05) is 24.7 Å². The maximum absolute atomic E-state index is 12.7. The largest absolute Gasteiger partial charge is 0.485 e. The molecular weight excluding hydrogens is 386 g/mol. The van der Waals surface area contributed by atoms with Crippen molar-refractivity contribution in [3.63, 3.8) is 0 Å². The minimum atomic E-state index is -3.13. The van der Waals surface area contributed by atoms with Crippen LogP contribution in [-0.2, 0) is 24.2 Å². The fraction of sp³-hybridized carbons (Fsp3) is 0.579. The molecule has 154 valence electrons. The summed E-state index contributed by atoms with van der Waals surface area (Å²) in [5, 5.41) is 0. The monoisotopic (exact) mass is 411 g/mol. The Morgan fingerprint density at radius 1 is 1.29 bits per heavy atom. The van der Waals surface area contributed by atoms with Gasteiger partial charge in [0, 0.05) is 12.1 Å². The van der Waals surface area contributed by atoms with Gasteiger partial charge in [-0.2, -0.15) is 0 Å². The Bertz CT molecular complexity index is 838. The summed E-state index contributed by atoms with van der Waals surface area (Å²) in [6.45, 7) is 3.33. The van der Waals surface area contributed by atoms with Crippen LogP contribution in [0.3, 0.4) is 0 Å². The Hall–Kier alpha value is -2.29. The van der Waals surface area contributed by atoms with Crippen molar-refractivity contribution < 1.29 is 32.2 Å². The summed E-state index contributed by atoms with van der Waals surface area (Å²) in [7, 11) is -3.13. The first-order chi connectivity index (χ1) is 13.3. The molecule has 8 nitrogen and oxygen atoms in total. The van der Waals surface area contributed by atoms with Crippen LogP contribution in [0.5, 0.6) is 11.5 Å². The highest BCUT2D eigenvalue weighted by molar-refractivity contribution is 7.91. The van der Waals surface area contributed by atoms with E-state index in [-0.39, 0.29) is 30.2 Å². The molecule has 0 saturated carbocycles. The van der Waals surface area contributed by atoms with Crippen molar-refractivity contribution in [3.05, 3.63) is 24.3 Å². The molecule has 2 heterocycles. The van der Waals surface area contributed by atoms with Gasteiger partial charge in [-0.1, -0.05) is 19.1 Å². The van der Waals surface area contributed by atoms with Gasteiger partial charge >= 0.3 is 5.97 Å². The topological polar surface area (TPSA) is 99.2 Å². The summed E-state index contributed by atoms with van der Waals surface area (Å²) in [4.78, 5) is 26.6. The third-order valence-electron chi connectivity index (χ3n) is 5.06. The molecule has 1 aromatic rings. The molecule has 3 atom stereocenters. The standard InChI is InChI=1S/C19H25NO7S/c1-3-13(2)20(14-8-9-28(23,24)12-14)18(21)11-26-19(22)17-10-25-15-6-4-5-7-16(15)27-17/h4-7,13-14,17H,3,8-12H2,1-2H3/t13-,14-,17+/m1/s1. The number of para-hydroxylation sites is 2. The normalized spacial score (nSPS) is 23.6. The maximum Gasteiger partial charge on any atom is 0.351 e. The Labute approximate surface area is 164 Å². The zero-order valence-corrected chi connectivity index (χ0v) is 16.8. The van der Waals surface area contributed by atoms with E-state index in [4.69, 9.17) is 14.2 Å². The molecular formula is C19H25NO7S.